The maximum absolute atomic E-state index is 5.70. The van der Waals surface area contributed by atoms with Gasteiger partial charge in [-0.05, 0) is 44.2 Å². The number of ether oxygens (including phenoxy) is 1. The molecule has 104 valence electrons. The molecule has 4 heteroatoms. The normalized spacial score (nSPS) is 9.95. The Morgan fingerprint density at radius 3 is 2.60 bits per heavy atom. The van der Waals surface area contributed by atoms with Crippen LogP contribution < -0.4 is 10.5 Å². The Labute approximate surface area is 119 Å². The van der Waals surface area contributed by atoms with Gasteiger partial charge in [-0.3, -0.25) is 4.68 Å². The van der Waals surface area contributed by atoms with E-state index < -0.39 is 0 Å². The Balaban J connectivity index is 1.86. The molecule has 0 aliphatic carbocycles. The van der Waals surface area contributed by atoms with Crippen molar-refractivity contribution in [3.05, 3.63) is 47.3 Å². The molecule has 0 aliphatic rings. The molecule has 0 bridgehead atoms. The lowest BCUT2D eigenvalue weighted by Gasteiger charge is -2.07. The first-order valence-electron chi connectivity index (χ1n) is 6.62. The van der Waals surface area contributed by atoms with Crippen LogP contribution in [0.5, 0.6) is 5.75 Å². The Kier molecular flexibility index (Phi) is 4.80. The molecular weight excluding hydrogens is 250 g/mol. The Morgan fingerprint density at radius 2 is 2.00 bits per heavy atom. The first-order chi connectivity index (χ1) is 9.69. The van der Waals surface area contributed by atoms with Gasteiger partial charge in [0, 0.05) is 11.3 Å². The van der Waals surface area contributed by atoms with E-state index in [0.717, 1.165) is 29.2 Å². The maximum Gasteiger partial charge on any atom is 0.119 e. The summed E-state index contributed by atoms with van der Waals surface area (Å²) in [4.78, 5) is 0. The van der Waals surface area contributed by atoms with Crippen LogP contribution in [-0.2, 0) is 6.54 Å². The van der Waals surface area contributed by atoms with Gasteiger partial charge >= 0.3 is 0 Å². The summed E-state index contributed by atoms with van der Waals surface area (Å²) in [7, 11) is 0. The molecule has 2 N–H and O–H groups in total. The molecule has 0 atom stereocenters. The van der Waals surface area contributed by atoms with Crippen LogP contribution in [0.15, 0.2) is 30.3 Å². The van der Waals surface area contributed by atoms with E-state index in [2.05, 4.69) is 23.0 Å². The SMILES string of the molecule is Cc1cc(C)n(CCOc2ccc(C#CCN)cc2)n1. The summed E-state index contributed by atoms with van der Waals surface area (Å²) in [6.45, 7) is 5.75. The molecule has 0 unspecified atom stereocenters. The van der Waals surface area contributed by atoms with Crippen LogP contribution in [0.3, 0.4) is 0 Å². The summed E-state index contributed by atoms with van der Waals surface area (Å²) in [6.07, 6.45) is 0. The number of aromatic nitrogens is 2. The molecule has 1 aromatic carbocycles. The standard InChI is InChI=1S/C16H19N3O/c1-13-12-14(2)19(18-13)10-11-20-16-7-5-15(6-8-16)4-3-9-17/h5-8,12H,9-11,17H2,1-2H3. The lowest BCUT2D eigenvalue weighted by molar-refractivity contribution is 0.289. The highest BCUT2D eigenvalue weighted by Crippen LogP contribution is 2.11. The highest BCUT2D eigenvalue weighted by molar-refractivity contribution is 5.38. The van der Waals surface area contributed by atoms with Crippen LogP contribution in [0, 0.1) is 25.7 Å². The van der Waals surface area contributed by atoms with E-state index in [1.54, 1.807) is 0 Å². The van der Waals surface area contributed by atoms with Crippen molar-refractivity contribution in [1.29, 1.82) is 0 Å². The second kappa shape index (κ2) is 6.78. The Morgan fingerprint density at radius 1 is 1.25 bits per heavy atom. The molecule has 20 heavy (non-hydrogen) atoms. The van der Waals surface area contributed by atoms with Crippen LogP contribution in [0.2, 0.25) is 0 Å². The van der Waals surface area contributed by atoms with Gasteiger partial charge < -0.3 is 10.5 Å². The van der Waals surface area contributed by atoms with Crippen molar-refractivity contribution in [3.63, 3.8) is 0 Å². The molecule has 2 rings (SSSR count). The van der Waals surface area contributed by atoms with Crippen molar-refractivity contribution >= 4 is 0 Å². The van der Waals surface area contributed by atoms with Gasteiger partial charge in [-0.1, -0.05) is 11.8 Å². The molecule has 1 heterocycles. The summed E-state index contributed by atoms with van der Waals surface area (Å²) >= 11 is 0. The Bertz CT molecular complexity index is 617. The number of nitrogens with zero attached hydrogens (tertiary/aromatic N) is 2. The summed E-state index contributed by atoms with van der Waals surface area (Å²) in [6, 6.07) is 9.76. The van der Waals surface area contributed by atoms with Crippen molar-refractivity contribution < 1.29 is 4.74 Å². The van der Waals surface area contributed by atoms with Crippen molar-refractivity contribution in [2.75, 3.05) is 13.2 Å². The topological polar surface area (TPSA) is 53.1 Å². The monoisotopic (exact) mass is 269 g/mol. The van der Waals surface area contributed by atoms with E-state index in [1.165, 1.54) is 0 Å². The number of benzene rings is 1. The van der Waals surface area contributed by atoms with E-state index in [0.29, 0.717) is 13.2 Å². The van der Waals surface area contributed by atoms with Crippen molar-refractivity contribution in [1.82, 2.24) is 9.78 Å². The van der Waals surface area contributed by atoms with Crippen LogP contribution in [0.1, 0.15) is 17.0 Å². The van der Waals surface area contributed by atoms with Gasteiger partial charge in [0.1, 0.15) is 12.4 Å². The summed E-state index contributed by atoms with van der Waals surface area (Å²) < 4.78 is 7.65. The van der Waals surface area contributed by atoms with Crippen molar-refractivity contribution in [2.24, 2.45) is 5.73 Å². The fraction of sp³-hybridized carbons (Fsp3) is 0.312. The minimum atomic E-state index is 0.376. The molecule has 0 fully saturated rings. The summed E-state index contributed by atoms with van der Waals surface area (Å²) in [5.41, 5.74) is 8.46. The fourth-order valence-electron chi connectivity index (χ4n) is 1.94. The van der Waals surface area contributed by atoms with Crippen LogP contribution in [0.4, 0.5) is 0 Å². The molecule has 0 amide bonds. The predicted octanol–water partition coefficient (Wildman–Crippen LogP) is 1.89. The molecular formula is C16H19N3O. The zero-order valence-corrected chi connectivity index (χ0v) is 11.9. The molecule has 0 spiro atoms. The molecule has 0 radical (unpaired) electrons. The van der Waals surface area contributed by atoms with Gasteiger partial charge in [-0.15, -0.1) is 0 Å². The van der Waals surface area contributed by atoms with E-state index in [1.807, 2.05) is 42.8 Å². The van der Waals surface area contributed by atoms with Gasteiger partial charge in [0.25, 0.3) is 0 Å². The average molecular weight is 269 g/mol. The predicted molar refractivity (Wildman–Crippen MR) is 79.6 cm³/mol. The van der Waals surface area contributed by atoms with E-state index in [-0.39, 0.29) is 0 Å². The van der Waals surface area contributed by atoms with Gasteiger partial charge in [0.2, 0.25) is 0 Å². The smallest absolute Gasteiger partial charge is 0.119 e. The van der Waals surface area contributed by atoms with Gasteiger partial charge in [0.05, 0.1) is 18.8 Å². The zero-order valence-electron chi connectivity index (χ0n) is 11.9. The second-order valence-corrected chi connectivity index (χ2v) is 4.53. The van der Waals surface area contributed by atoms with Gasteiger partial charge in [-0.25, -0.2) is 0 Å². The highest BCUT2D eigenvalue weighted by atomic mass is 16.5. The largest absolute Gasteiger partial charge is 0.492 e. The molecule has 4 nitrogen and oxygen atoms in total. The highest BCUT2D eigenvalue weighted by Gasteiger charge is 2.01. The minimum absolute atomic E-state index is 0.376. The van der Waals surface area contributed by atoms with Crippen molar-refractivity contribution in [3.8, 4) is 17.6 Å². The van der Waals surface area contributed by atoms with Crippen LogP contribution in [0.25, 0.3) is 0 Å². The number of nitrogens with two attached hydrogens (primary N) is 1. The number of hydrogen-bond donors (Lipinski definition) is 1. The van der Waals surface area contributed by atoms with Crippen molar-refractivity contribution in [2.45, 2.75) is 20.4 Å². The molecule has 0 aliphatic heterocycles. The molecule has 0 saturated heterocycles. The number of aryl methyl sites for hydroxylation is 2. The molecule has 1 aromatic heterocycles. The molecule has 0 saturated carbocycles. The third-order valence-electron chi connectivity index (χ3n) is 2.86. The van der Waals surface area contributed by atoms with E-state index in [4.69, 9.17) is 10.5 Å². The van der Waals surface area contributed by atoms with E-state index in [9.17, 15) is 0 Å². The quantitative estimate of drug-likeness (QED) is 0.862. The number of hydrogen-bond acceptors (Lipinski definition) is 3. The summed E-state index contributed by atoms with van der Waals surface area (Å²) in [5, 5.41) is 4.40. The lowest BCUT2D eigenvalue weighted by Crippen LogP contribution is -2.10. The maximum atomic E-state index is 5.70. The first-order valence-corrected chi connectivity index (χ1v) is 6.62. The lowest BCUT2D eigenvalue weighted by atomic mass is 10.2. The van der Waals surface area contributed by atoms with Gasteiger partial charge in [-0.2, -0.15) is 5.10 Å². The van der Waals surface area contributed by atoms with Crippen LogP contribution >= 0.6 is 0 Å². The summed E-state index contributed by atoms with van der Waals surface area (Å²) in [5.74, 6) is 6.64. The molecule has 2 aromatic rings. The third kappa shape index (κ3) is 3.87. The van der Waals surface area contributed by atoms with Crippen LogP contribution in [-0.4, -0.2) is 22.9 Å². The average Bonchev–Trinajstić information content (AvgIpc) is 2.76. The second-order valence-electron chi connectivity index (χ2n) is 4.53. The fourth-order valence-corrected chi connectivity index (χ4v) is 1.94. The first kappa shape index (κ1) is 14.2. The Hall–Kier alpha value is -2.25. The van der Waals surface area contributed by atoms with Gasteiger partial charge in [0.15, 0.2) is 0 Å². The minimum Gasteiger partial charge on any atom is -0.492 e. The third-order valence-corrected chi connectivity index (χ3v) is 2.86. The van der Waals surface area contributed by atoms with E-state index >= 15 is 0 Å². The zero-order chi connectivity index (χ0) is 14.4. The number of rotatable bonds is 4.